The van der Waals surface area contributed by atoms with Crippen LogP contribution in [-0.2, 0) is 16.0 Å². The molecular weight excluding hydrogens is 356 g/mol. The molecule has 2 rings (SSSR count). The first-order valence-electron chi connectivity index (χ1n) is 8.02. The molecule has 0 radical (unpaired) electrons. The fourth-order valence-electron chi connectivity index (χ4n) is 2.21. The summed E-state index contributed by atoms with van der Waals surface area (Å²) in [5, 5.41) is 14.6. The summed E-state index contributed by atoms with van der Waals surface area (Å²) in [6, 6.07) is 8.64. The molecule has 26 heavy (non-hydrogen) atoms. The van der Waals surface area contributed by atoms with E-state index in [9.17, 15) is 14.7 Å². The molecule has 2 aromatic rings. The lowest BCUT2D eigenvalue weighted by Gasteiger charge is -2.11. The Labute approximate surface area is 155 Å². The van der Waals surface area contributed by atoms with Gasteiger partial charge >= 0.3 is 11.8 Å². The number of hydrogen-bond donors (Lipinski definition) is 3. The van der Waals surface area contributed by atoms with Gasteiger partial charge in [0, 0.05) is 22.4 Å². The summed E-state index contributed by atoms with van der Waals surface area (Å²) in [6.07, 6.45) is 0.0796. The van der Waals surface area contributed by atoms with Crippen LogP contribution in [0, 0.1) is 0 Å². The van der Waals surface area contributed by atoms with Crippen molar-refractivity contribution < 1.29 is 24.2 Å². The lowest BCUT2D eigenvalue weighted by molar-refractivity contribution is -0.136. The van der Waals surface area contributed by atoms with Crippen molar-refractivity contribution in [3.05, 3.63) is 40.1 Å². The molecule has 0 unspecified atom stereocenters. The van der Waals surface area contributed by atoms with Crippen LogP contribution in [0.15, 0.2) is 30.3 Å². The van der Waals surface area contributed by atoms with Gasteiger partial charge in [-0.3, -0.25) is 9.59 Å². The van der Waals surface area contributed by atoms with Gasteiger partial charge in [0.05, 0.1) is 26.0 Å². The quantitative estimate of drug-likeness (QED) is 0.641. The highest BCUT2D eigenvalue weighted by molar-refractivity contribution is 7.12. The molecule has 0 saturated heterocycles. The Kier molecular flexibility index (Phi) is 6.99. The molecule has 3 N–H and O–H groups in total. The van der Waals surface area contributed by atoms with Gasteiger partial charge < -0.3 is 25.2 Å². The van der Waals surface area contributed by atoms with Crippen molar-refractivity contribution in [1.29, 1.82) is 0 Å². The van der Waals surface area contributed by atoms with Crippen LogP contribution in [0.3, 0.4) is 0 Å². The zero-order valence-electron chi connectivity index (χ0n) is 14.9. The van der Waals surface area contributed by atoms with Gasteiger partial charge in [0.25, 0.3) is 0 Å². The van der Waals surface area contributed by atoms with Gasteiger partial charge in [-0.05, 0) is 37.6 Å². The van der Waals surface area contributed by atoms with Crippen LogP contribution < -0.4 is 20.1 Å². The Morgan fingerprint density at radius 3 is 2.54 bits per heavy atom. The van der Waals surface area contributed by atoms with Crippen LogP contribution >= 0.6 is 11.3 Å². The van der Waals surface area contributed by atoms with Gasteiger partial charge in [0.2, 0.25) is 0 Å². The third kappa shape index (κ3) is 5.21. The largest absolute Gasteiger partial charge is 0.497 e. The van der Waals surface area contributed by atoms with E-state index in [2.05, 4.69) is 10.6 Å². The summed E-state index contributed by atoms with van der Waals surface area (Å²) in [5.74, 6) is -0.522. The van der Waals surface area contributed by atoms with Crippen LogP contribution in [0.1, 0.15) is 22.8 Å². The molecule has 7 nitrogen and oxygen atoms in total. The van der Waals surface area contributed by atoms with E-state index in [1.807, 2.05) is 12.1 Å². The molecule has 0 aliphatic heterocycles. The number of nitrogens with one attached hydrogen (secondary N) is 2. The highest BCUT2D eigenvalue weighted by Gasteiger charge is 2.16. The molecule has 0 spiro atoms. The number of benzene rings is 1. The second kappa shape index (κ2) is 9.21. The van der Waals surface area contributed by atoms with E-state index in [0.29, 0.717) is 30.2 Å². The molecule has 0 saturated carbocycles. The van der Waals surface area contributed by atoms with E-state index < -0.39 is 17.9 Å². The molecule has 1 aromatic carbocycles. The average molecular weight is 378 g/mol. The van der Waals surface area contributed by atoms with Crippen molar-refractivity contribution in [1.82, 2.24) is 5.32 Å². The first-order valence-corrected chi connectivity index (χ1v) is 8.84. The third-order valence-corrected chi connectivity index (χ3v) is 4.93. The molecule has 1 heterocycles. The Hall–Kier alpha value is -2.58. The first-order chi connectivity index (χ1) is 12.4. The number of hydrogen-bond acceptors (Lipinski definition) is 6. The van der Waals surface area contributed by atoms with Gasteiger partial charge in [0.15, 0.2) is 0 Å². The van der Waals surface area contributed by atoms with Crippen molar-refractivity contribution in [3.63, 3.8) is 0 Å². The number of carbonyl (C=O) groups is 2. The number of carbonyl (C=O) groups excluding carboxylic acids is 2. The fraction of sp³-hybridized carbons (Fsp3) is 0.333. The number of aliphatic hydroxyl groups is 1. The molecule has 1 aromatic heterocycles. The van der Waals surface area contributed by atoms with Crippen molar-refractivity contribution in [2.24, 2.45) is 0 Å². The molecule has 0 aliphatic carbocycles. The number of aliphatic hydroxyl groups excluding tert-OH is 1. The molecule has 2 amide bonds. The number of ether oxygens (including phenoxy) is 2. The van der Waals surface area contributed by atoms with E-state index >= 15 is 0 Å². The number of methoxy groups -OCH3 is 2. The lowest BCUT2D eigenvalue weighted by Crippen LogP contribution is -2.36. The second-order valence-electron chi connectivity index (χ2n) is 5.51. The van der Waals surface area contributed by atoms with E-state index in [-0.39, 0.29) is 0 Å². The van der Waals surface area contributed by atoms with Gasteiger partial charge in [0.1, 0.15) is 11.5 Å². The summed E-state index contributed by atoms with van der Waals surface area (Å²) in [5.41, 5.74) is 0.383. The summed E-state index contributed by atoms with van der Waals surface area (Å²) in [7, 11) is 2.99. The third-order valence-electron chi connectivity index (χ3n) is 3.61. The minimum atomic E-state index is -0.774. The average Bonchev–Trinajstić information content (AvgIpc) is 3.11. The topological polar surface area (TPSA) is 96.9 Å². The van der Waals surface area contributed by atoms with Crippen molar-refractivity contribution in [2.75, 3.05) is 26.1 Å². The molecule has 0 aliphatic rings. The zero-order valence-corrected chi connectivity index (χ0v) is 15.7. The summed E-state index contributed by atoms with van der Waals surface area (Å²) < 4.78 is 10.3. The minimum absolute atomic E-state index is 0.325. The van der Waals surface area contributed by atoms with Crippen molar-refractivity contribution >= 4 is 28.8 Å². The van der Waals surface area contributed by atoms with Crippen molar-refractivity contribution in [3.8, 4) is 11.5 Å². The molecule has 0 fully saturated rings. The maximum absolute atomic E-state index is 12.0. The molecule has 8 heteroatoms. The maximum atomic E-state index is 12.0. The minimum Gasteiger partial charge on any atom is -0.497 e. The lowest BCUT2D eigenvalue weighted by atomic mass is 10.2. The highest BCUT2D eigenvalue weighted by Crippen LogP contribution is 2.29. The SMILES string of the molecule is COc1ccc(NC(=O)C(=O)NCCc2ccc([C@@H](C)O)s2)c(OC)c1. The Morgan fingerprint density at radius 2 is 1.92 bits per heavy atom. The fourth-order valence-corrected chi connectivity index (χ4v) is 3.16. The molecular formula is C18H22N2O5S. The summed E-state index contributed by atoms with van der Waals surface area (Å²) in [4.78, 5) is 25.9. The van der Waals surface area contributed by atoms with E-state index in [1.54, 1.807) is 25.1 Å². The van der Waals surface area contributed by atoms with Gasteiger partial charge in [-0.1, -0.05) is 0 Å². The van der Waals surface area contributed by atoms with Gasteiger partial charge in [-0.15, -0.1) is 11.3 Å². The zero-order chi connectivity index (χ0) is 19.1. The molecule has 1 atom stereocenters. The first kappa shape index (κ1) is 19.7. The summed E-state index contributed by atoms with van der Waals surface area (Å²) >= 11 is 1.48. The predicted molar refractivity (Wildman–Crippen MR) is 99.8 cm³/mol. The molecule has 140 valence electrons. The number of anilines is 1. The Morgan fingerprint density at radius 1 is 1.15 bits per heavy atom. The second-order valence-corrected chi connectivity index (χ2v) is 6.71. The van der Waals surface area contributed by atoms with Crippen LogP contribution in [0.25, 0.3) is 0 Å². The normalized spacial score (nSPS) is 11.5. The Bertz CT molecular complexity index is 773. The van der Waals surface area contributed by atoms with E-state index in [1.165, 1.54) is 25.6 Å². The maximum Gasteiger partial charge on any atom is 0.313 e. The van der Waals surface area contributed by atoms with Gasteiger partial charge in [-0.25, -0.2) is 0 Å². The highest BCUT2D eigenvalue weighted by atomic mass is 32.1. The van der Waals surface area contributed by atoms with Crippen LogP contribution in [0.4, 0.5) is 5.69 Å². The Balaban J connectivity index is 1.86. The van der Waals surface area contributed by atoms with E-state index in [0.717, 1.165) is 9.75 Å². The van der Waals surface area contributed by atoms with E-state index in [4.69, 9.17) is 9.47 Å². The molecule has 0 bridgehead atoms. The van der Waals surface area contributed by atoms with Crippen LogP contribution in [0.2, 0.25) is 0 Å². The van der Waals surface area contributed by atoms with Crippen LogP contribution in [0.5, 0.6) is 11.5 Å². The predicted octanol–water partition coefficient (Wildman–Crippen LogP) is 2.12. The smallest absolute Gasteiger partial charge is 0.313 e. The number of amides is 2. The number of thiophene rings is 1. The van der Waals surface area contributed by atoms with Crippen LogP contribution in [-0.4, -0.2) is 37.7 Å². The summed E-state index contributed by atoms with van der Waals surface area (Å²) in [6.45, 7) is 2.03. The van der Waals surface area contributed by atoms with Gasteiger partial charge in [-0.2, -0.15) is 0 Å². The number of rotatable bonds is 7. The monoisotopic (exact) mass is 378 g/mol. The van der Waals surface area contributed by atoms with Crippen molar-refractivity contribution in [2.45, 2.75) is 19.4 Å². The standard InChI is InChI=1S/C18H22N2O5S/c1-11(21)16-7-5-13(26-16)8-9-19-17(22)18(23)20-14-6-4-12(24-2)10-15(14)25-3/h4-7,10-11,21H,8-9H2,1-3H3,(H,19,22)(H,20,23)/t11-/m1/s1.